The molecular formula is C19H13ClF4N4O4S. The van der Waals surface area contributed by atoms with Gasteiger partial charge in [0.05, 0.1) is 22.6 Å². The first-order chi connectivity index (χ1) is 15.3. The summed E-state index contributed by atoms with van der Waals surface area (Å²) in [5, 5.41) is 3.46. The number of nitrogens with zero attached hydrogens (tertiary/aromatic N) is 4. The first-order valence-electron chi connectivity index (χ1n) is 8.89. The lowest BCUT2D eigenvalue weighted by Crippen LogP contribution is -2.41. The van der Waals surface area contributed by atoms with Crippen molar-refractivity contribution in [3.63, 3.8) is 0 Å². The zero-order valence-corrected chi connectivity index (χ0v) is 18.6. The van der Waals surface area contributed by atoms with Gasteiger partial charge in [0.2, 0.25) is 0 Å². The predicted octanol–water partition coefficient (Wildman–Crippen LogP) is 4.02. The van der Waals surface area contributed by atoms with Crippen molar-refractivity contribution in [1.82, 2.24) is 14.1 Å². The zero-order valence-electron chi connectivity index (χ0n) is 17.0. The highest BCUT2D eigenvalue weighted by Crippen LogP contribution is 2.34. The van der Waals surface area contributed by atoms with Gasteiger partial charge in [0.1, 0.15) is 21.4 Å². The van der Waals surface area contributed by atoms with Crippen LogP contribution >= 0.6 is 22.9 Å². The Morgan fingerprint density at radius 1 is 1.21 bits per heavy atom. The molecule has 0 aliphatic rings. The Labute approximate surface area is 191 Å². The number of alkyl halides is 3. The maximum Gasteiger partial charge on any atom is 0.431 e. The number of oxime groups is 1. The fourth-order valence-corrected chi connectivity index (χ4v) is 3.78. The molecule has 0 aliphatic carbocycles. The third-order valence-corrected chi connectivity index (χ3v) is 5.46. The largest absolute Gasteiger partial charge is 0.431 e. The average Bonchev–Trinajstić information content (AvgIpc) is 3.19. The maximum absolute atomic E-state index is 14.6. The molecule has 2 aromatic heterocycles. The smallest absolute Gasteiger partial charge is 0.312 e. The minimum atomic E-state index is -4.97. The Hall–Kier alpha value is -3.32. The number of benzene rings is 1. The minimum absolute atomic E-state index is 0.0274. The topological polar surface area (TPSA) is 95.5 Å². The Morgan fingerprint density at radius 2 is 1.88 bits per heavy atom. The Balaban J connectivity index is 2.14. The molecule has 0 amide bonds. The molecule has 14 heteroatoms. The van der Waals surface area contributed by atoms with Crippen molar-refractivity contribution in [3.05, 3.63) is 66.6 Å². The van der Waals surface area contributed by atoms with Crippen LogP contribution in [0.3, 0.4) is 0 Å². The first-order valence-corrected chi connectivity index (χ1v) is 10.1. The summed E-state index contributed by atoms with van der Waals surface area (Å²) in [4.78, 5) is 45.6. The van der Waals surface area contributed by atoms with Gasteiger partial charge in [0, 0.05) is 18.7 Å². The summed E-state index contributed by atoms with van der Waals surface area (Å²) in [5.74, 6) is -1.95. The van der Waals surface area contributed by atoms with Gasteiger partial charge in [-0.1, -0.05) is 16.8 Å². The number of carbonyl (C=O) groups excluding carboxylic acids is 1. The molecular weight excluding hydrogens is 492 g/mol. The predicted molar refractivity (Wildman–Crippen MR) is 113 cm³/mol. The Morgan fingerprint density at radius 3 is 2.48 bits per heavy atom. The SMILES string of the molecule is CC(C)=NOC(=O)c1cnc(-c2cc(-n3c(=O)cc(C(F)(F)F)n(C)c3=O)c(F)cc2Cl)s1. The summed E-state index contributed by atoms with van der Waals surface area (Å²) in [6, 6.07) is 1.94. The third kappa shape index (κ3) is 4.88. The summed E-state index contributed by atoms with van der Waals surface area (Å²) >= 11 is 6.89. The van der Waals surface area contributed by atoms with Crippen LogP contribution < -0.4 is 11.2 Å². The minimum Gasteiger partial charge on any atom is -0.312 e. The molecule has 0 atom stereocenters. The normalized spacial score (nSPS) is 11.4. The van der Waals surface area contributed by atoms with E-state index in [1.54, 1.807) is 13.8 Å². The molecule has 0 unspecified atom stereocenters. The lowest BCUT2D eigenvalue weighted by molar-refractivity contribution is -0.144. The van der Waals surface area contributed by atoms with Crippen LogP contribution in [0.25, 0.3) is 16.3 Å². The van der Waals surface area contributed by atoms with Crippen LogP contribution in [0.5, 0.6) is 0 Å². The van der Waals surface area contributed by atoms with Crippen LogP contribution in [0.4, 0.5) is 17.6 Å². The summed E-state index contributed by atoms with van der Waals surface area (Å²) in [6.45, 7) is 3.22. The van der Waals surface area contributed by atoms with E-state index in [1.807, 2.05) is 0 Å². The molecule has 0 bridgehead atoms. The molecule has 0 fully saturated rings. The number of hydrogen-bond acceptors (Lipinski definition) is 7. The lowest BCUT2D eigenvalue weighted by atomic mass is 10.2. The fraction of sp³-hybridized carbons (Fsp3) is 0.211. The number of halogens is 5. The van der Waals surface area contributed by atoms with Gasteiger partial charge in [-0.3, -0.25) is 9.36 Å². The van der Waals surface area contributed by atoms with Gasteiger partial charge in [-0.05, 0) is 26.0 Å². The molecule has 0 aliphatic heterocycles. The van der Waals surface area contributed by atoms with Crippen molar-refractivity contribution in [2.45, 2.75) is 20.0 Å². The van der Waals surface area contributed by atoms with E-state index >= 15 is 0 Å². The van der Waals surface area contributed by atoms with Crippen LogP contribution in [-0.4, -0.2) is 25.8 Å². The molecule has 33 heavy (non-hydrogen) atoms. The second-order valence-electron chi connectivity index (χ2n) is 6.77. The van der Waals surface area contributed by atoms with E-state index in [2.05, 4.69) is 10.1 Å². The van der Waals surface area contributed by atoms with E-state index in [0.717, 1.165) is 36.7 Å². The van der Waals surface area contributed by atoms with E-state index in [9.17, 15) is 31.9 Å². The molecule has 1 aromatic carbocycles. The van der Waals surface area contributed by atoms with Gasteiger partial charge >= 0.3 is 17.8 Å². The number of rotatable bonds is 4. The van der Waals surface area contributed by atoms with Crippen molar-refractivity contribution in [2.75, 3.05) is 0 Å². The second-order valence-corrected chi connectivity index (χ2v) is 8.21. The summed E-state index contributed by atoms with van der Waals surface area (Å²) < 4.78 is 54.3. The summed E-state index contributed by atoms with van der Waals surface area (Å²) in [6.07, 6.45) is -3.81. The Kier molecular flexibility index (Phi) is 6.56. The van der Waals surface area contributed by atoms with Gasteiger partial charge in [-0.2, -0.15) is 13.2 Å². The van der Waals surface area contributed by atoms with Crippen molar-refractivity contribution in [2.24, 2.45) is 12.2 Å². The van der Waals surface area contributed by atoms with Gasteiger partial charge in [0.15, 0.2) is 0 Å². The number of carbonyl (C=O) groups is 1. The molecule has 2 heterocycles. The Bertz CT molecular complexity index is 1400. The highest BCUT2D eigenvalue weighted by Gasteiger charge is 2.35. The van der Waals surface area contributed by atoms with Crippen LogP contribution in [0, 0.1) is 5.82 Å². The first kappa shape index (κ1) is 24.3. The molecule has 3 rings (SSSR count). The number of aromatic nitrogens is 3. The molecule has 3 aromatic rings. The van der Waals surface area contributed by atoms with E-state index in [-0.39, 0.29) is 35.7 Å². The van der Waals surface area contributed by atoms with Gasteiger partial charge < -0.3 is 4.84 Å². The van der Waals surface area contributed by atoms with Gasteiger partial charge in [0.25, 0.3) is 5.56 Å². The highest BCUT2D eigenvalue weighted by atomic mass is 35.5. The number of thiazole rings is 1. The monoisotopic (exact) mass is 504 g/mol. The average molecular weight is 505 g/mol. The molecule has 0 saturated heterocycles. The van der Waals surface area contributed by atoms with Crippen LogP contribution in [0.1, 0.15) is 29.2 Å². The molecule has 0 spiro atoms. The van der Waals surface area contributed by atoms with E-state index in [4.69, 9.17) is 16.4 Å². The highest BCUT2D eigenvalue weighted by molar-refractivity contribution is 7.16. The lowest BCUT2D eigenvalue weighted by Gasteiger charge is -2.15. The van der Waals surface area contributed by atoms with Crippen molar-refractivity contribution in [1.29, 1.82) is 0 Å². The molecule has 0 saturated carbocycles. The van der Waals surface area contributed by atoms with E-state index in [1.165, 1.54) is 0 Å². The van der Waals surface area contributed by atoms with Crippen LogP contribution in [0.15, 0.2) is 39.1 Å². The van der Waals surface area contributed by atoms with Crippen molar-refractivity contribution >= 4 is 34.6 Å². The van der Waals surface area contributed by atoms with Crippen LogP contribution in [0.2, 0.25) is 5.02 Å². The van der Waals surface area contributed by atoms with Crippen molar-refractivity contribution in [3.8, 4) is 16.3 Å². The van der Waals surface area contributed by atoms with Gasteiger partial charge in [-0.15, -0.1) is 11.3 Å². The third-order valence-electron chi connectivity index (χ3n) is 4.14. The molecule has 174 valence electrons. The zero-order chi connectivity index (χ0) is 24.7. The summed E-state index contributed by atoms with van der Waals surface area (Å²) in [5.41, 5.74) is -4.42. The molecule has 0 N–H and O–H groups in total. The quantitative estimate of drug-likeness (QED) is 0.231. The van der Waals surface area contributed by atoms with Crippen molar-refractivity contribution < 1.29 is 27.2 Å². The molecule has 0 radical (unpaired) electrons. The maximum atomic E-state index is 14.6. The van der Waals surface area contributed by atoms with E-state index in [0.29, 0.717) is 5.71 Å². The fourth-order valence-electron chi connectivity index (χ4n) is 2.66. The second kappa shape index (κ2) is 8.90. The summed E-state index contributed by atoms with van der Waals surface area (Å²) in [7, 11) is 0.801. The standard InChI is InChI=1S/C19H13ClF4N4O4S/c1-8(2)26-32-17(30)13-7-25-16(33-13)9-4-12(11(21)5-10(9)20)28-15(29)6-14(19(22,23)24)27(3)18(28)31/h4-7H,1-3H3. The molecule has 8 nitrogen and oxygen atoms in total. The van der Waals surface area contributed by atoms with Crippen LogP contribution in [-0.2, 0) is 18.1 Å². The number of hydrogen-bond donors (Lipinski definition) is 0. The van der Waals surface area contributed by atoms with Gasteiger partial charge in [-0.25, -0.2) is 23.5 Å². The van der Waals surface area contributed by atoms with E-state index < -0.39 is 40.6 Å².